The molecular formula is C13H26N2O2. The van der Waals surface area contributed by atoms with Crippen molar-refractivity contribution >= 4 is 5.91 Å². The second-order valence-corrected chi connectivity index (χ2v) is 5.16. The van der Waals surface area contributed by atoms with Gasteiger partial charge < -0.3 is 15.4 Å². The molecule has 1 rings (SSSR count). The summed E-state index contributed by atoms with van der Waals surface area (Å²) >= 11 is 0. The molecule has 1 saturated heterocycles. The van der Waals surface area contributed by atoms with Gasteiger partial charge in [0.1, 0.15) is 0 Å². The van der Waals surface area contributed by atoms with Gasteiger partial charge in [-0.1, -0.05) is 13.8 Å². The van der Waals surface area contributed by atoms with Gasteiger partial charge in [0.05, 0.1) is 5.92 Å². The molecule has 0 aromatic heterocycles. The molecule has 0 saturated carbocycles. The molecule has 1 amide bonds. The van der Waals surface area contributed by atoms with Gasteiger partial charge in [0.2, 0.25) is 5.91 Å². The third kappa shape index (κ3) is 6.64. The number of hydrogen-bond acceptors (Lipinski definition) is 3. The third-order valence-electron chi connectivity index (χ3n) is 2.88. The van der Waals surface area contributed by atoms with E-state index in [0.717, 1.165) is 52.1 Å². The molecule has 1 unspecified atom stereocenters. The van der Waals surface area contributed by atoms with Crippen LogP contribution < -0.4 is 10.6 Å². The van der Waals surface area contributed by atoms with Gasteiger partial charge in [-0.25, -0.2) is 0 Å². The Morgan fingerprint density at radius 1 is 1.53 bits per heavy atom. The van der Waals surface area contributed by atoms with Crippen molar-refractivity contribution in [3.8, 4) is 0 Å². The smallest absolute Gasteiger partial charge is 0.224 e. The summed E-state index contributed by atoms with van der Waals surface area (Å²) in [5, 5.41) is 6.23. The number of carbonyl (C=O) groups excluding carboxylic acids is 1. The highest BCUT2D eigenvalue weighted by atomic mass is 16.5. The minimum absolute atomic E-state index is 0.167. The Hall–Kier alpha value is -0.610. The fourth-order valence-electron chi connectivity index (χ4n) is 1.92. The molecule has 100 valence electrons. The van der Waals surface area contributed by atoms with Gasteiger partial charge in [-0.15, -0.1) is 0 Å². The lowest BCUT2D eigenvalue weighted by molar-refractivity contribution is -0.125. The summed E-state index contributed by atoms with van der Waals surface area (Å²) in [5.41, 5.74) is 0. The first-order valence-corrected chi connectivity index (χ1v) is 6.76. The summed E-state index contributed by atoms with van der Waals surface area (Å²) in [6.07, 6.45) is 3.02. The summed E-state index contributed by atoms with van der Waals surface area (Å²) in [5.74, 6) is 0.944. The first-order valence-electron chi connectivity index (χ1n) is 6.76. The normalized spacial score (nSPS) is 20.5. The summed E-state index contributed by atoms with van der Waals surface area (Å²) in [4.78, 5) is 11.7. The van der Waals surface area contributed by atoms with Crippen LogP contribution in [0.25, 0.3) is 0 Å². The maximum absolute atomic E-state index is 11.7. The number of amides is 1. The van der Waals surface area contributed by atoms with E-state index >= 15 is 0 Å². The zero-order valence-corrected chi connectivity index (χ0v) is 11.1. The predicted molar refractivity (Wildman–Crippen MR) is 68.9 cm³/mol. The van der Waals surface area contributed by atoms with Crippen LogP contribution in [0.4, 0.5) is 0 Å². The summed E-state index contributed by atoms with van der Waals surface area (Å²) < 4.78 is 5.46. The van der Waals surface area contributed by atoms with Crippen LogP contribution in [0.3, 0.4) is 0 Å². The number of ether oxygens (including phenoxy) is 1. The Bertz CT molecular complexity index is 213. The SMILES string of the molecule is CC(C)COCCCNC(=O)C1CCCNC1. The van der Waals surface area contributed by atoms with E-state index in [-0.39, 0.29) is 11.8 Å². The molecule has 1 aliphatic rings. The van der Waals surface area contributed by atoms with Crippen LogP contribution in [0, 0.1) is 11.8 Å². The number of hydrogen-bond donors (Lipinski definition) is 2. The van der Waals surface area contributed by atoms with Crippen LogP contribution in [-0.4, -0.2) is 38.8 Å². The molecule has 1 heterocycles. The van der Waals surface area contributed by atoms with Crippen molar-refractivity contribution in [3.63, 3.8) is 0 Å². The van der Waals surface area contributed by atoms with E-state index in [4.69, 9.17) is 4.74 Å². The Morgan fingerprint density at radius 2 is 2.35 bits per heavy atom. The average Bonchev–Trinajstić information content (AvgIpc) is 2.34. The Labute approximate surface area is 104 Å². The van der Waals surface area contributed by atoms with Crippen LogP contribution in [0.15, 0.2) is 0 Å². The fraction of sp³-hybridized carbons (Fsp3) is 0.923. The lowest BCUT2D eigenvalue weighted by Crippen LogP contribution is -2.40. The second kappa shape index (κ2) is 8.48. The van der Waals surface area contributed by atoms with Crippen molar-refractivity contribution in [2.45, 2.75) is 33.1 Å². The van der Waals surface area contributed by atoms with E-state index in [1.165, 1.54) is 0 Å². The molecule has 0 radical (unpaired) electrons. The highest BCUT2D eigenvalue weighted by molar-refractivity contribution is 5.78. The molecule has 1 atom stereocenters. The predicted octanol–water partition coefficient (Wildman–Crippen LogP) is 1.16. The minimum atomic E-state index is 0.167. The van der Waals surface area contributed by atoms with Crippen LogP contribution >= 0.6 is 0 Å². The van der Waals surface area contributed by atoms with E-state index in [1.54, 1.807) is 0 Å². The lowest BCUT2D eigenvalue weighted by atomic mass is 9.99. The maximum atomic E-state index is 11.7. The monoisotopic (exact) mass is 242 g/mol. The van der Waals surface area contributed by atoms with Crippen LogP contribution in [0.5, 0.6) is 0 Å². The molecule has 0 bridgehead atoms. The van der Waals surface area contributed by atoms with Crippen LogP contribution in [-0.2, 0) is 9.53 Å². The zero-order valence-electron chi connectivity index (χ0n) is 11.1. The van der Waals surface area contributed by atoms with Gasteiger partial charge in [-0.05, 0) is 31.7 Å². The zero-order chi connectivity index (χ0) is 12.5. The van der Waals surface area contributed by atoms with Crippen molar-refractivity contribution in [2.75, 3.05) is 32.8 Å². The number of piperidine rings is 1. The molecule has 1 fully saturated rings. The maximum Gasteiger partial charge on any atom is 0.224 e. The number of carbonyl (C=O) groups is 1. The second-order valence-electron chi connectivity index (χ2n) is 5.16. The number of nitrogens with one attached hydrogen (secondary N) is 2. The highest BCUT2D eigenvalue weighted by Crippen LogP contribution is 2.09. The van der Waals surface area contributed by atoms with Crippen molar-refractivity contribution in [2.24, 2.45) is 11.8 Å². The molecule has 4 nitrogen and oxygen atoms in total. The topological polar surface area (TPSA) is 50.4 Å². The fourth-order valence-corrected chi connectivity index (χ4v) is 1.92. The molecule has 1 aliphatic heterocycles. The van der Waals surface area contributed by atoms with E-state index in [9.17, 15) is 4.79 Å². The van der Waals surface area contributed by atoms with Gasteiger partial charge in [0.15, 0.2) is 0 Å². The molecule has 4 heteroatoms. The summed E-state index contributed by atoms with van der Waals surface area (Å²) in [6.45, 7) is 8.42. The highest BCUT2D eigenvalue weighted by Gasteiger charge is 2.19. The van der Waals surface area contributed by atoms with Gasteiger partial charge in [-0.3, -0.25) is 4.79 Å². The minimum Gasteiger partial charge on any atom is -0.381 e. The average molecular weight is 242 g/mol. The molecule has 0 aliphatic carbocycles. The Balaban J connectivity index is 1.96. The van der Waals surface area contributed by atoms with Crippen molar-refractivity contribution in [1.82, 2.24) is 10.6 Å². The first kappa shape index (κ1) is 14.5. The summed E-state index contributed by atoms with van der Waals surface area (Å²) in [6, 6.07) is 0. The van der Waals surface area contributed by atoms with Crippen LogP contribution in [0.1, 0.15) is 33.1 Å². The van der Waals surface area contributed by atoms with Crippen molar-refractivity contribution in [1.29, 1.82) is 0 Å². The first-order chi connectivity index (χ1) is 8.20. The summed E-state index contributed by atoms with van der Waals surface area (Å²) in [7, 11) is 0. The lowest BCUT2D eigenvalue weighted by Gasteiger charge is -2.21. The molecular weight excluding hydrogens is 216 g/mol. The van der Waals surface area contributed by atoms with E-state index in [0.29, 0.717) is 5.92 Å². The van der Waals surface area contributed by atoms with E-state index in [2.05, 4.69) is 24.5 Å². The van der Waals surface area contributed by atoms with Gasteiger partial charge in [0, 0.05) is 26.3 Å². The largest absolute Gasteiger partial charge is 0.381 e. The molecule has 17 heavy (non-hydrogen) atoms. The third-order valence-corrected chi connectivity index (χ3v) is 2.88. The van der Waals surface area contributed by atoms with E-state index < -0.39 is 0 Å². The number of rotatable bonds is 7. The van der Waals surface area contributed by atoms with Gasteiger partial charge in [-0.2, -0.15) is 0 Å². The Morgan fingerprint density at radius 3 is 3.00 bits per heavy atom. The molecule has 0 spiro atoms. The standard InChI is InChI=1S/C13H26N2O2/c1-11(2)10-17-8-4-7-15-13(16)12-5-3-6-14-9-12/h11-12,14H,3-10H2,1-2H3,(H,15,16). The van der Waals surface area contributed by atoms with Crippen molar-refractivity contribution in [3.05, 3.63) is 0 Å². The molecule has 0 aromatic rings. The van der Waals surface area contributed by atoms with Crippen LogP contribution in [0.2, 0.25) is 0 Å². The van der Waals surface area contributed by atoms with Gasteiger partial charge >= 0.3 is 0 Å². The quantitative estimate of drug-likeness (QED) is 0.659. The van der Waals surface area contributed by atoms with E-state index in [1.807, 2.05) is 0 Å². The Kier molecular flexibility index (Phi) is 7.21. The van der Waals surface area contributed by atoms with Crippen molar-refractivity contribution < 1.29 is 9.53 Å². The molecule has 0 aromatic carbocycles. The molecule has 2 N–H and O–H groups in total. The van der Waals surface area contributed by atoms with Gasteiger partial charge in [0.25, 0.3) is 0 Å².